The fourth-order valence-corrected chi connectivity index (χ4v) is 8.23. The van der Waals surface area contributed by atoms with Gasteiger partial charge in [0.25, 0.3) is 0 Å². The second-order valence-electron chi connectivity index (χ2n) is 19.8. The Labute approximate surface area is 380 Å². The average molecular weight is 863 g/mol. The Balaban J connectivity index is 4.29. The van der Waals surface area contributed by atoms with Crippen molar-refractivity contribution in [3.05, 3.63) is 0 Å². The molecule has 2 unspecified atom stereocenters. The third-order valence-electron chi connectivity index (χ3n) is 13.1. The number of hydrogen-bond donors (Lipinski definition) is 0. The number of hydrogen-bond acceptors (Lipinski definition) is 6. The van der Waals surface area contributed by atoms with Crippen molar-refractivity contribution in [1.82, 2.24) is 0 Å². The van der Waals surface area contributed by atoms with Crippen LogP contribution in [0.2, 0.25) is 0 Å². The molecule has 0 fully saturated rings. The van der Waals surface area contributed by atoms with E-state index in [-0.39, 0.29) is 31.1 Å². The van der Waals surface area contributed by atoms with Crippen LogP contribution < -0.4 is 0 Å². The minimum absolute atomic E-state index is 0.0646. The molecule has 0 aliphatic carbocycles. The van der Waals surface area contributed by atoms with Gasteiger partial charge in [-0.25, -0.2) is 0 Å². The first kappa shape index (κ1) is 59.4. The largest absolute Gasteiger partial charge is 0.462 e. The van der Waals surface area contributed by atoms with Gasteiger partial charge < -0.3 is 14.2 Å². The van der Waals surface area contributed by atoms with E-state index in [0.717, 1.165) is 75.5 Å². The van der Waals surface area contributed by atoms with Crippen molar-refractivity contribution in [1.29, 1.82) is 0 Å². The van der Waals surface area contributed by atoms with Crippen LogP contribution in [0.15, 0.2) is 0 Å². The van der Waals surface area contributed by atoms with Crippen LogP contribution in [-0.2, 0) is 28.6 Å². The normalized spacial score (nSPS) is 13.0. The number of esters is 3. The van der Waals surface area contributed by atoms with Crippen LogP contribution in [0, 0.1) is 17.8 Å². The van der Waals surface area contributed by atoms with E-state index < -0.39 is 6.10 Å². The summed E-state index contributed by atoms with van der Waals surface area (Å²) in [6.07, 6.45) is 46.5. The van der Waals surface area contributed by atoms with Crippen molar-refractivity contribution < 1.29 is 28.6 Å². The zero-order valence-corrected chi connectivity index (χ0v) is 42.0. The first-order valence-electron chi connectivity index (χ1n) is 27.2. The molecule has 0 aliphatic heterocycles. The quantitative estimate of drug-likeness (QED) is 0.0344. The Morgan fingerprint density at radius 2 is 0.574 bits per heavy atom. The van der Waals surface area contributed by atoms with Crippen molar-refractivity contribution >= 4 is 17.9 Å². The van der Waals surface area contributed by atoms with Crippen LogP contribution in [0.3, 0.4) is 0 Å². The second-order valence-corrected chi connectivity index (χ2v) is 19.8. The molecule has 3 atom stereocenters. The smallest absolute Gasteiger partial charge is 0.306 e. The molecule has 362 valence electrons. The van der Waals surface area contributed by atoms with E-state index >= 15 is 0 Å². The molecule has 0 saturated carbocycles. The molecule has 6 nitrogen and oxygen atoms in total. The highest BCUT2D eigenvalue weighted by atomic mass is 16.6. The van der Waals surface area contributed by atoms with Gasteiger partial charge in [0.2, 0.25) is 0 Å². The number of rotatable bonds is 48. The standard InChI is InChI=1S/C55H106O6/c1-7-50(5)42-36-30-24-18-13-11-9-10-12-14-19-26-32-38-44-53(56)59-47-52(48-60-54(57)45-39-33-27-22-21-25-31-37-43-51(6)8-2)61-55(58)46-40-34-28-20-16-15-17-23-29-35-41-49(3)4/h49-52H,7-48H2,1-6H3/t50?,51?,52-/m1/s1. The molecule has 61 heavy (non-hydrogen) atoms. The van der Waals surface area contributed by atoms with Gasteiger partial charge in [0.05, 0.1) is 0 Å². The van der Waals surface area contributed by atoms with Gasteiger partial charge in [-0.05, 0) is 37.0 Å². The summed E-state index contributed by atoms with van der Waals surface area (Å²) in [5.41, 5.74) is 0. The van der Waals surface area contributed by atoms with E-state index in [1.165, 1.54) is 180 Å². The van der Waals surface area contributed by atoms with Crippen LogP contribution >= 0.6 is 0 Å². The maximum absolute atomic E-state index is 12.8. The summed E-state index contributed by atoms with van der Waals surface area (Å²) < 4.78 is 16.8. The summed E-state index contributed by atoms with van der Waals surface area (Å²) in [4.78, 5) is 38.0. The molecule has 0 amide bonds. The lowest BCUT2D eigenvalue weighted by Gasteiger charge is -2.18. The van der Waals surface area contributed by atoms with Gasteiger partial charge in [0.1, 0.15) is 13.2 Å². The third kappa shape index (κ3) is 46.2. The zero-order valence-electron chi connectivity index (χ0n) is 42.0. The highest BCUT2D eigenvalue weighted by molar-refractivity contribution is 5.71. The topological polar surface area (TPSA) is 78.9 Å². The number of carbonyl (C=O) groups is 3. The van der Waals surface area contributed by atoms with Crippen LogP contribution in [0.4, 0.5) is 0 Å². The van der Waals surface area contributed by atoms with Crippen LogP contribution in [0.5, 0.6) is 0 Å². The fourth-order valence-electron chi connectivity index (χ4n) is 8.23. The van der Waals surface area contributed by atoms with Crippen LogP contribution in [-0.4, -0.2) is 37.2 Å². The predicted octanol–water partition coefficient (Wildman–Crippen LogP) is 17.6. The first-order chi connectivity index (χ1) is 29.7. The number of unbranched alkanes of at least 4 members (excludes halogenated alkanes) is 29. The van der Waals surface area contributed by atoms with Gasteiger partial charge in [-0.15, -0.1) is 0 Å². The molecule has 0 aromatic heterocycles. The average Bonchev–Trinajstić information content (AvgIpc) is 3.24. The van der Waals surface area contributed by atoms with Crippen LogP contribution in [0.25, 0.3) is 0 Å². The van der Waals surface area contributed by atoms with E-state index in [1.54, 1.807) is 0 Å². The lowest BCUT2D eigenvalue weighted by atomic mass is 9.99. The second kappa shape index (κ2) is 46.4. The Morgan fingerprint density at radius 1 is 0.328 bits per heavy atom. The monoisotopic (exact) mass is 863 g/mol. The van der Waals surface area contributed by atoms with Crippen molar-refractivity contribution in [2.75, 3.05) is 13.2 Å². The van der Waals surface area contributed by atoms with Gasteiger partial charge in [-0.1, -0.05) is 260 Å². The van der Waals surface area contributed by atoms with E-state index in [1.807, 2.05) is 0 Å². The third-order valence-corrected chi connectivity index (χ3v) is 13.1. The molecule has 0 saturated heterocycles. The van der Waals surface area contributed by atoms with Crippen molar-refractivity contribution in [2.45, 2.75) is 304 Å². The molecular formula is C55H106O6. The molecule has 0 radical (unpaired) electrons. The molecule has 6 heteroatoms. The van der Waals surface area contributed by atoms with Gasteiger partial charge >= 0.3 is 17.9 Å². The molecule has 0 N–H and O–H groups in total. The minimum atomic E-state index is -0.763. The number of ether oxygens (including phenoxy) is 3. The van der Waals surface area contributed by atoms with E-state index in [0.29, 0.717) is 19.3 Å². The zero-order chi connectivity index (χ0) is 44.9. The molecular weight excluding hydrogens is 757 g/mol. The van der Waals surface area contributed by atoms with Crippen molar-refractivity contribution in [3.63, 3.8) is 0 Å². The lowest BCUT2D eigenvalue weighted by Crippen LogP contribution is -2.30. The maximum Gasteiger partial charge on any atom is 0.306 e. The SMILES string of the molecule is CCC(C)CCCCCCCCCCCCCCCCC(=O)OC[C@H](COC(=O)CCCCCCCCCCC(C)CC)OC(=O)CCCCCCCCCCCCC(C)C. The summed E-state index contributed by atoms with van der Waals surface area (Å²) >= 11 is 0. The first-order valence-corrected chi connectivity index (χ1v) is 27.2. The minimum Gasteiger partial charge on any atom is -0.462 e. The lowest BCUT2D eigenvalue weighted by molar-refractivity contribution is -0.167. The van der Waals surface area contributed by atoms with Gasteiger partial charge in [0, 0.05) is 19.3 Å². The van der Waals surface area contributed by atoms with Gasteiger partial charge in [-0.3, -0.25) is 14.4 Å². The van der Waals surface area contributed by atoms with E-state index in [2.05, 4.69) is 41.5 Å². The molecule has 0 spiro atoms. The van der Waals surface area contributed by atoms with Crippen LogP contribution in [0.1, 0.15) is 298 Å². The summed E-state index contributed by atoms with van der Waals surface area (Å²) in [5.74, 6) is 1.71. The van der Waals surface area contributed by atoms with E-state index in [9.17, 15) is 14.4 Å². The molecule has 0 heterocycles. The summed E-state index contributed by atoms with van der Waals surface area (Å²) in [5, 5.41) is 0. The summed E-state index contributed by atoms with van der Waals surface area (Å²) in [7, 11) is 0. The maximum atomic E-state index is 12.8. The Bertz CT molecular complexity index is 949. The molecule has 0 aromatic carbocycles. The van der Waals surface area contributed by atoms with Gasteiger partial charge in [-0.2, -0.15) is 0 Å². The summed E-state index contributed by atoms with van der Waals surface area (Å²) in [6.45, 7) is 13.8. The van der Waals surface area contributed by atoms with Crippen molar-refractivity contribution in [2.24, 2.45) is 17.8 Å². The highest BCUT2D eigenvalue weighted by Gasteiger charge is 2.19. The Hall–Kier alpha value is -1.59. The molecule has 0 rings (SSSR count). The Morgan fingerprint density at radius 3 is 0.852 bits per heavy atom. The molecule has 0 aliphatic rings. The van der Waals surface area contributed by atoms with Gasteiger partial charge in [0.15, 0.2) is 6.10 Å². The Kier molecular flexibility index (Phi) is 45.2. The highest BCUT2D eigenvalue weighted by Crippen LogP contribution is 2.19. The van der Waals surface area contributed by atoms with E-state index in [4.69, 9.17) is 14.2 Å². The fraction of sp³-hybridized carbons (Fsp3) is 0.945. The predicted molar refractivity (Wildman–Crippen MR) is 261 cm³/mol. The van der Waals surface area contributed by atoms with Crippen molar-refractivity contribution in [3.8, 4) is 0 Å². The number of carbonyl (C=O) groups excluding carboxylic acids is 3. The summed E-state index contributed by atoms with van der Waals surface area (Å²) in [6, 6.07) is 0. The molecule has 0 bridgehead atoms. The molecule has 0 aromatic rings.